The maximum absolute atomic E-state index is 5.71. The van der Waals surface area contributed by atoms with Gasteiger partial charge in [-0.25, -0.2) is 0 Å². The lowest BCUT2D eigenvalue weighted by molar-refractivity contribution is 0.414. The lowest BCUT2D eigenvalue weighted by Crippen LogP contribution is -2.32. The molecule has 0 fully saturated rings. The van der Waals surface area contributed by atoms with Crippen LogP contribution in [0.3, 0.4) is 0 Å². The third-order valence-electron chi connectivity index (χ3n) is 2.51. The fourth-order valence-corrected chi connectivity index (χ4v) is 1.95. The van der Waals surface area contributed by atoms with Gasteiger partial charge in [-0.05, 0) is 40.3 Å². The standard InChI is InChI=1S/C10H12IN3/c1-14-9(6-13-10(14)12)7-2-4-8(11)5-3-7/h2-5,9H,6H2,1H3,(H2,12,13). The summed E-state index contributed by atoms with van der Waals surface area (Å²) < 4.78 is 1.25. The quantitative estimate of drug-likeness (QED) is 0.800. The second-order valence-electron chi connectivity index (χ2n) is 3.38. The van der Waals surface area contributed by atoms with Crippen molar-refractivity contribution in [3.63, 3.8) is 0 Å². The van der Waals surface area contributed by atoms with Gasteiger partial charge in [0.2, 0.25) is 0 Å². The van der Waals surface area contributed by atoms with E-state index in [1.807, 2.05) is 11.9 Å². The normalized spacial score (nSPS) is 21.1. The van der Waals surface area contributed by atoms with Crippen molar-refractivity contribution in [2.75, 3.05) is 13.6 Å². The van der Waals surface area contributed by atoms with E-state index < -0.39 is 0 Å². The molecule has 1 aliphatic heterocycles. The topological polar surface area (TPSA) is 41.6 Å². The Labute approximate surface area is 97.1 Å². The van der Waals surface area contributed by atoms with E-state index in [1.165, 1.54) is 9.13 Å². The Morgan fingerprint density at radius 2 is 2.07 bits per heavy atom. The number of nitrogens with zero attached hydrogens (tertiary/aromatic N) is 2. The minimum Gasteiger partial charge on any atom is -0.370 e. The summed E-state index contributed by atoms with van der Waals surface area (Å²) in [5.74, 6) is 0.633. The van der Waals surface area contributed by atoms with Crippen LogP contribution in [0.2, 0.25) is 0 Å². The molecule has 0 saturated heterocycles. The molecule has 1 aliphatic rings. The first-order chi connectivity index (χ1) is 6.68. The zero-order valence-electron chi connectivity index (χ0n) is 7.94. The molecule has 0 aliphatic carbocycles. The number of benzene rings is 1. The van der Waals surface area contributed by atoms with Gasteiger partial charge in [-0.1, -0.05) is 12.1 Å². The molecule has 2 rings (SSSR count). The van der Waals surface area contributed by atoms with Gasteiger partial charge in [-0.2, -0.15) is 0 Å². The summed E-state index contributed by atoms with van der Waals surface area (Å²) in [6.45, 7) is 0.767. The number of rotatable bonds is 1. The number of guanidine groups is 1. The number of hydrogen-bond acceptors (Lipinski definition) is 3. The Morgan fingerprint density at radius 1 is 1.43 bits per heavy atom. The van der Waals surface area contributed by atoms with Crippen molar-refractivity contribution in [2.24, 2.45) is 10.7 Å². The maximum atomic E-state index is 5.71. The van der Waals surface area contributed by atoms with E-state index in [-0.39, 0.29) is 0 Å². The Balaban J connectivity index is 2.22. The fourth-order valence-electron chi connectivity index (χ4n) is 1.59. The van der Waals surface area contributed by atoms with Gasteiger partial charge in [0.1, 0.15) is 0 Å². The summed E-state index contributed by atoms with van der Waals surface area (Å²) in [6, 6.07) is 8.80. The molecule has 2 N–H and O–H groups in total. The molecule has 0 spiro atoms. The van der Waals surface area contributed by atoms with Gasteiger partial charge in [0, 0.05) is 10.6 Å². The molecule has 1 unspecified atom stereocenters. The molecule has 0 radical (unpaired) electrons. The number of hydrogen-bond donors (Lipinski definition) is 1. The van der Waals surface area contributed by atoms with Crippen molar-refractivity contribution in [1.29, 1.82) is 0 Å². The molecule has 1 heterocycles. The monoisotopic (exact) mass is 301 g/mol. The molecule has 3 nitrogen and oxygen atoms in total. The number of halogens is 1. The van der Waals surface area contributed by atoms with Crippen LogP contribution in [0.4, 0.5) is 0 Å². The molecule has 1 aromatic rings. The summed E-state index contributed by atoms with van der Waals surface area (Å²) in [5.41, 5.74) is 6.99. The largest absolute Gasteiger partial charge is 0.370 e. The van der Waals surface area contributed by atoms with E-state index in [0.717, 1.165) is 6.54 Å². The highest BCUT2D eigenvalue weighted by Crippen LogP contribution is 2.24. The second kappa shape index (κ2) is 3.76. The Bertz CT molecular complexity index is 358. The highest BCUT2D eigenvalue weighted by molar-refractivity contribution is 14.1. The van der Waals surface area contributed by atoms with Gasteiger partial charge in [0.25, 0.3) is 0 Å². The molecule has 4 heteroatoms. The molecule has 0 aromatic heterocycles. The van der Waals surface area contributed by atoms with Crippen LogP contribution in [0, 0.1) is 3.57 Å². The van der Waals surface area contributed by atoms with E-state index in [0.29, 0.717) is 12.0 Å². The maximum Gasteiger partial charge on any atom is 0.191 e. The number of nitrogens with two attached hydrogens (primary N) is 1. The van der Waals surface area contributed by atoms with E-state index in [4.69, 9.17) is 5.73 Å². The molecule has 1 aromatic carbocycles. The Hall–Kier alpha value is -0.780. The van der Waals surface area contributed by atoms with Crippen molar-refractivity contribution >= 4 is 28.6 Å². The molecule has 74 valence electrons. The molecule has 1 atom stereocenters. The average Bonchev–Trinajstić information content (AvgIpc) is 2.50. The van der Waals surface area contributed by atoms with Crippen LogP contribution in [-0.2, 0) is 0 Å². The minimum atomic E-state index is 0.312. The molecule has 0 amide bonds. The third kappa shape index (κ3) is 1.70. The van der Waals surface area contributed by atoms with Gasteiger partial charge in [-0.15, -0.1) is 0 Å². The summed E-state index contributed by atoms with van der Waals surface area (Å²) in [4.78, 5) is 6.23. The smallest absolute Gasteiger partial charge is 0.191 e. The summed E-state index contributed by atoms with van der Waals surface area (Å²) in [6.07, 6.45) is 0. The molecule has 0 saturated carbocycles. The minimum absolute atomic E-state index is 0.312. The van der Waals surface area contributed by atoms with E-state index in [1.54, 1.807) is 0 Å². The third-order valence-corrected chi connectivity index (χ3v) is 3.23. The summed E-state index contributed by atoms with van der Waals surface area (Å²) >= 11 is 2.30. The lowest BCUT2D eigenvalue weighted by Gasteiger charge is -2.21. The highest BCUT2D eigenvalue weighted by atomic mass is 127. The predicted molar refractivity (Wildman–Crippen MR) is 66.2 cm³/mol. The van der Waals surface area contributed by atoms with Crippen LogP contribution in [-0.4, -0.2) is 24.5 Å². The van der Waals surface area contributed by atoms with Crippen LogP contribution in [0.25, 0.3) is 0 Å². The van der Waals surface area contributed by atoms with Crippen LogP contribution in [0.1, 0.15) is 11.6 Å². The van der Waals surface area contributed by atoms with Gasteiger partial charge < -0.3 is 10.6 Å². The zero-order chi connectivity index (χ0) is 10.1. The first kappa shape index (κ1) is 9.76. The Kier molecular flexibility index (Phi) is 2.62. The number of aliphatic imine (C=N–C) groups is 1. The van der Waals surface area contributed by atoms with Crippen molar-refractivity contribution in [2.45, 2.75) is 6.04 Å². The van der Waals surface area contributed by atoms with Crippen molar-refractivity contribution < 1.29 is 0 Å². The fraction of sp³-hybridized carbons (Fsp3) is 0.300. The molecule has 0 bridgehead atoms. The second-order valence-corrected chi connectivity index (χ2v) is 4.62. The van der Waals surface area contributed by atoms with E-state index in [9.17, 15) is 0 Å². The van der Waals surface area contributed by atoms with Gasteiger partial charge in [0.15, 0.2) is 5.96 Å². The first-order valence-corrected chi connectivity index (χ1v) is 5.54. The average molecular weight is 301 g/mol. The van der Waals surface area contributed by atoms with Crippen LogP contribution >= 0.6 is 22.6 Å². The summed E-state index contributed by atoms with van der Waals surface area (Å²) in [5, 5.41) is 0. The highest BCUT2D eigenvalue weighted by Gasteiger charge is 2.23. The predicted octanol–water partition coefficient (Wildman–Crippen LogP) is 1.59. The van der Waals surface area contributed by atoms with Crippen molar-refractivity contribution in [3.05, 3.63) is 33.4 Å². The van der Waals surface area contributed by atoms with Crippen LogP contribution < -0.4 is 5.73 Å². The van der Waals surface area contributed by atoms with Crippen LogP contribution in [0.15, 0.2) is 29.3 Å². The summed E-state index contributed by atoms with van der Waals surface area (Å²) in [7, 11) is 1.98. The molecular weight excluding hydrogens is 289 g/mol. The van der Waals surface area contributed by atoms with Gasteiger partial charge in [0.05, 0.1) is 12.6 Å². The van der Waals surface area contributed by atoms with E-state index >= 15 is 0 Å². The molecule has 14 heavy (non-hydrogen) atoms. The van der Waals surface area contributed by atoms with Crippen molar-refractivity contribution in [3.8, 4) is 0 Å². The lowest BCUT2D eigenvalue weighted by atomic mass is 10.1. The van der Waals surface area contributed by atoms with Gasteiger partial charge in [-0.3, -0.25) is 4.99 Å². The zero-order valence-corrected chi connectivity index (χ0v) is 10.1. The first-order valence-electron chi connectivity index (χ1n) is 4.46. The molecular formula is C10H12IN3. The van der Waals surface area contributed by atoms with Crippen LogP contribution in [0.5, 0.6) is 0 Å². The van der Waals surface area contributed by atoms with Gasteiger partial charge >= 0.3 is 0 Å². The van der Waals surface area contributed by atoms with Crippen molar-refractivity contribution in [1.82, 2.24) is 4.90 Å². The van der Waals surface area contributed by atoms with E-state index in [2.05, 4.69) is 51.8 Å². The number of likely N-dealkylation sites (N-methyl/N-ethyl adjacent to an activating group) is 1. The Morgan fingerprint density at radius 3 is 2.57 bits per heavy atom. The SMILES string of the molecule is CN1C(N)=NCC1c1ccc(I)cc1.